The predicted molar refractivity (Wildman–Crippen MR) is 101 cm³/mol. The van der Waals surface area contributed by atoms with Gasteiger partial charge in [-0.05, 0) is 38.0 Å². The predicted octanol–water partition coefficient (Wildman–Crippen LogP) is 4.90. The summed E-state index contributed by atoms with van der Waals surface area (Å²) in [5, 5.41) is 7.23. The summed E-state index contributed by atoms with van der Waals surface area (Å²) in [6.07, 6.45) is 5.63. The van der Waals surface area contributed by atoms with Gasteiger partial charge in [-0.25, -0.2) is 9.97 Å². The Bertz CT molecular complexity index is 776. The topological polar surface area (TPSA) is 66.9 Å². The first-order valence-electron chi connectivity index (χ1n) is 8.40. The van der Waals surface area contributed by atoms with Crippen molar-refractivity contribution in [2.45, 2.75) is 45.1 Å². The van der Waals surface area contributed by atoms with Crippen LogP contribution in [0.5, 0.6) is 0 Å². The Morgan fingerprint density at radius 3 is 2.60 bits per heavy atom. The molecule has 1 fully saturated rings. The minimum atomic E-state index is -0.164. The summed E-state index contributed by atoms with van der Waals surface area (Å²) < 4.78 is 0. The third kappa shape index (κ3) is 4.83. The first-order valence-corrected chi connectivity index (χ1v) is 9.15. The van der Waals surface area contributed by atoms with E-state index in [1.54, 1.807) is 31.2 Å². The number of aryl methyl sites for hydroxylation is 1. The van der Waals surface area contributed by atoms with Crippen LogP contribution in [-0.4, -0.2) is 21.9 Å². The van der Waals surface area contributed by atoms with Gasteiger partial charge in [0.15, 0.2) is 0 Å². The van der Waals surface area contributed by atoms with Crippen LogP contribution in [0.2, 0.25) is 10.0 Å². The lowest BCUT2D eigenvalue weighted by molar-refractivity contribution is 0.0922. The standard InChI is InChI=1S/C18H20Cl2N4O/c1-11-21-16(18(25)23-13-5-3-2-4-6-13)10-17(22-11)24-15-8-7-12(19)9-14(15)20/h7-10,13H,2-6H2,1H3,(H,23,25)(H,21,22,24). The number of benzene rings is 1. The fraction of sp³-hybridized carbons (Fsp3) is 0.389. The van der Waals surface area contributed by atoms with Crippen LogP contribution in [0.3, 0.4) is 0 Å². The molecule has 1 amide bonds. The smallest absolute Gasteiger partial charge is 0.270 e. The zero-order valence-corrected chi connectivity index (χ0v) is 15.5. The molecular formula is C18H20Cl2N4O. The molecule has 0 unspecified atom stereocenters. The minimum absolute atomic E-state index is 0.164. The Morgan fingerprint density at radius 1 is 1.12 bits per heavy atom. The first-order chi connectivity index (χ1) is 12.0. The number of amides is 1. The third-order valence-corrected chi connectivity index (χ3v) is 4.75. The number of carbonyl (C=O) groups is 1. The van der Waals surface area contributed by atoms with E-state index in [2.05, 4.69) is 20.6 Å². The molecule has 1 heterocycles. The molecule has 132 valence electrons. The van der Waals surface area contributed by atoms with Crippen LogP contribution in [0.4, 0.5) is 11.5 Å². The van der Waals surface area contributed by atoms with Crippen LogP contribution in [0.1, 0.15) is 48.4 Å². The number of halogens is 2. The Balaban J connectivity index is 1.76. The number of nitrogens with one attached hydrogen (secondary N) is 2. The molecule has 2 aromatic rings. The van der Waals surface area contributed by atoms with Gasteiger partial charge in [-0.2, -0.15) is 0 Å². The SMILES string of the molecule is Cc1nc(Nc2ccc(Cl)cc2Cl)cc(C(=O)NC2CCCCC2)n1. The molecule has 0 aliphatic heterocycles. The average molecular weight is 379 g/mol. The van der Waals surface area contributed by atoms with E-state index in [0.29, 0.717) is 33.1 Å². The van der Waals surface area contributed by atoms with E-state index >= 15 is 0 Å². The molecule has 3 rings (SSSR count). The maximum atomic E-state index is 12.5. The van der Waals surface area contributed by atoms with Crippen molar-refractivity contribution in [3.8, 4) is 0 Å². The lowest BCUT2D eigenvalue weighted by Gasteiger charge is -2.22. The summed E-state index contributed by atoms with van der Waals surface area (Å²) in [4.78, 5) is 21.1. The summed E-state index contributed by atoms with van der Waals surface area (Å²) in [6, 6.07) is 7.02. The van der Waals surface area contributed by atoms with Gasteiger partial charge in [0, 0.05) is 17.1 Å². The first kappa shape index (κ1) is 18.0. The molecule has 1 aromatic heterocycles. The fourth-order valence-electron chi connectivity index (χ4n) is 2.98. The van der Waals surface area contributed by atoms with E-state index < -0.39 is 0 Å². The molecular weight excluding hydrogens is 359 g/mol. The van der Waals surface area contributed by atoms with Gasteiger partial charge in [0.05, 0.1) is 10.7 Å². The number of hydrogen-bond acceptors (Lipinski definition) is 4. The molecule has 0 spiro atoms. The number of anilines is 2. The molecule has 1 aliphatic carbocycles. The van der Waals surface area contributed by atoms with Gasteiger partial charge in [-0.1, -0.05) is 42.5 Å². The monoisotopic (exact) mass is 378 g/mol. The molecule has 7 heteroatoms. The zero-order valence-electron chi connectivity index (χ0n) is 14.0. The highest BCUT2D eigenvalue weighted by Gasteiger charge is 2.18. The van der Waals surface area contributed by atoms with Crippen molar-refractivity contribution in [1.29, 1.82) is 0 Å². The van der Waals surface area contributed by atoms with Crippen LogP contribution in [0.25, 0.3) is 0 Å². The van der Waals surface area contributed by atoms with Crippen molar-refractivity contribution in [2.75, 3.05) is 5.32 Å². The van der Waals surface area contributed by atoms with Gasteiger partial charge >= 0.3 is 0 Å². The van der Waals surface area contributed by atoms with E-state index in [-0.39, 0.29) is 11.9 Å². The molecule has 0 radical (unpaired) electrons. The van der Waals surface area contributed by atoms with Crippen LogP contribution < -0.4 is 10.6 Å². The lowest BCUT2D eigenvalue weighted by Crippen LogP contribution is -2.36. The van der Waals surface area contributed by atoms with E-state index in [9.17, 15) is 4.79 Å². The van der Waals surface area contributed by atoms with Crippen LogP contribution in [0, 0.1) is 6.92 Å². The maximum Gasteiger partial charge on any atom is 0.270 e. The van der Waals surface area contributed by atoms with E-state index in [4.69, 9.17) is 23.2 Å². The second-order valence-corrected chi connectivity index (χ2v) is 7.09. The second kappa shape index (κ2) is 8.02. The third-order valence-electron chi connectivity index (χ3n) is 4.20. The number of carbonyl (C=O) groups excluding carboxylic acids is 1. The summed E-state index contributed by atoms with van der Waals surface area (Å²) in [6.45, 7) is 1.76. The Morgan fingerprint density at radius 2 is 1.88 bits per heavy atom. The van der Waals surface area contributed by atoms with E-state index in [1.165, 1.54) is 6.42 Å². The van der Waals surface area contributed by atoms with Gasteiger partial charge in [0.2, 0.25) is 0 Å². The van der Waals surface area contributed by atoms with Crippen molar-refractivity contribution in [1.82, 2.24) is 15.3 Å². The van der Waals surface area contributed by atoms with Crippen LogP contribution >= 0.6 is 23.2 Å². The van der Waals surface area contributed by atoms with Crippen LogP contribution in [0.15, 0.2) is 24.3 Å². The van der Waals surface area contributed by atoms with Gasteiger partial charge in [-0.3, -0.25) is 4.79 Å². The molecule has 5 nitrogen and oxygen atoms in total. The summed E-state index contributed by atoms with van der Waals surface area (Å²) in [5.41, 5.74) is 1.02. The van der Waals surface area contributed by atoms with Crippen molar-refractivity contribution < 1.29 is 4.79 Å². The second-order valence-electron chi connectivity index (χ2n) is 6.24. The van der Waals surface area contributed by atoms with Crippen LogP contribution in [-0.2, 0) is 0 Å². The Labute approximate surface area is 157 Å². The molecule has 25 heavy (non-hydrogen) atoms. The van der Waals surface area contributed by atoms with Gasteiger partial charge in [0.1, 0.15) is 17.3 Å². The molecule has 1 aliphatic rings. The highest BCUT2D eigenvalue weighted by Crippen LogP contribution is 2.28. The van der Waals surface area contributed by atoms with Crippen molar-refractivity contribution in [2.24, 2.45) is 0 Å². The highest BCUT2D eigenvalue weighted by molar-refractivity contribution is 6.36. The average Bonchev–Trinajstić information content (AvgIpc) is 2.58. The summed E-state index contributed by atoms with van der Waals surface area (Å²) in [7, 11) is 0. The zero-order chi connectivity index (χ0) is 17.8. The number of nitrogens with zero attached hydrogens (tertiary/aromatic N) is 2. The highest BCUT2D eigenvalue weighted by atomic mass is 35.5. The molecule has 0 bridgehead atoms. The fourth-order valence-corrected chi connectivity index (χ4v) is 3.44. The lowest BCUT2D eigenvalue weighted by atomic mass is 9.95. The molecule has 2 N–H and O–H groups in total. The number of hydrogen-bond donors (Lipinski definition) is 2. The van der Waals surface area contributed by atoms with Crippen molar-refractivity contribution in [3.63, 3.8) is 0 Å². The molecule has 1 saturated carbocycles. The minimum Gasteiger partial charge on any atom is -0.348 e. The van der Waals surface area contributed by atoms with Gasteiger partial charge in [0.25, 0.3) is 5.91 Å². The Kier molecular flexibility index (Phi) is 5.76. The van der Waals surface area contributed by atoms with Crippen molar-refractivity contribution >= 4 is 40.6 Å². The maximum absolute atomic E-state index is 12.5. The Hall–Kier alpha value is -1.85. The molecule has 0 saturated heterocycles. The molecule has 1 aromatic carbocycles. The quantitative estimate of drug-likeness (QED) is 0.793. The van der Waals surface area contributed by atoms with Gasteiger partial charge < -0.3 is 10.6 Å². The normalized spacial score (nSPS) is 15.0. The van der Waals surface area contributed by atoms with Crippen molar-refractivity contribution in [3.05, 3.63) is 45.8 Å². The van der Waals surface area contributed by atoms with Gasteiger partial charge in [-0.15, -0.1) is 0 Å². The summed E-state index contributed by atoms with van der Waals surface area (Å²) in [5.74, 6) is 0.872. The van der Waals surface area contributed by atoms with E-state index in [1.807, 2.05) is 0 Å². The number of rotatable bonds is 4. The van der Waals surface area contributed by atoms with E-state index in [0.717, 1.165) is 25.7 Å². The largest absolute Gasteiger partial charge is 0.348 e. The molecule has 0 atom stereocenters. The summed E-state index contributed by atoms with van der Waals surface area (Å²) >= 11 is 12.1. The number of aromatic nitrogens is 2.